The molecule has 0 N–H and O–H groups in total. The quantitative estimate of drug-likeness (QED) is 0.558. The van der Waals surface area contributed by atoms with E-state index in [2.05, 4.69) is 86.6 Å². The summed E-state index contributed by atoms with van der Waals surface area (Å²) in [7, 11) is 0. The standard InChI is InChI=1S/C20H18/c1-15-12-16(2)14-18(13-15)20-11-7-6-10-19(20)17-8-4-3-5-9-17/h3-14H,1-2H3. The summed E-state index contributed by atoms with van der Waals surface area (Å²) < 4.78 is 0. The molecule has 3 aromatic rings. The molecular weight excluding hydrogens is 240 g/mol. The van der Waals surface area contributed by atoms with E-state index in [1.54, 1.807) is 0 Å². The van der Waals surface area contributed by atoms with Gasteiger partial charge in [0.15, 0.2) is 0 Å². The number of aryl methyl sites for hydroxylation is 2. The molecule has 0 heterocycles. The Hall–Kier alpha value is -2.34. The molecule has 0 saturated carbocycles. The molecule has 3 rings (SSSR count). The van der Waals surface area contributed by atoms with Crippen molar-refractivity contribution >= 4 is 0 Å². The minimum atomic E-state index is 1.27. The Labute approximate surface area is 120 Å². The van der Waals surface area contributed by atoms with Crippen LogP contribution in [0.1, 0.15) is 11.1 Å². The van der Waals surface area contributed by atoms with Crippen molar-refractivity contribution in [2.75, 3.05) is 0 Å². The van der Waals surface area contributed by atoms with Gasteiger partial charge in [-0.3, -0.25) is 0 Å². The number of hydrogen-bond donors (Lipinski definition) is 0. The van der Waals surface area contributed by atoms with Crippen LogP contribution in [0.5, 0.6) is 0 Å². The van der Waals surface area contributed by atoms with Gasteiger partial charge in [-0.15, -0.1) is 0 Å². The van der Waals surface area contributed by atoms with Crippen LogP contribution in [0.25, 0.3) is 22.3 Å². The van der Waals surface area contributed by atoms with E-state index in [0.717, 1.165) is 0 Å². The van der Waals surface area contributed by atoms with Crippen LogP contribution >= 0.6 is 0 Å². The molecule has 98 valence electrons. The molecule has 0 nitrogen and oxygen atoms in total. The van der Waals surface area contributed by atoms with Crippen molar-refractivity contribution in [1.29, 1.82) is 0 Å². The van der Waals surface area contributed by atoms with Gasteiger partial charge in [0.2, 0.25) is 0 Å². The van der Waals surface area contributed by atoms with E-state index in [1.165, 1.54) is 33.4 Å². The van der Waals surface area contributed by atoms with Crippen LogP contribution < -0.4 is 0 Å². The van der Waals surface area contributed by atoms with Crippen molar-refractivity contribution in [3.05, 3.63) is 83.9 Å². The van der Waals surface area contributed by atoms with Crippen LogP contribution in [0, 0.1) is 13.8 Å². The maximum atomic E-state index is 2.26. The number of hydrogen-bond acceptors (Lipinski definition) is 0. The van der Waals surface area contributed by atoms with E-state index in [4.69, 9.17) is 0 Å². The third kappa shape index (κ3) is 2.50. The highest BCUT2D eigenvalue weighted by molar-refractivity contribution is 5.83. The van der Waals surface area contributed by atoms with Gasteiger partial charge in [0.05, 0.1) is 0 Å². The Balaban J connectivity index is 2.20. The molecule has 3 aromatic carbocycles. The topological polar surface area (TPSA) is 0 Å². The van der Waals surface area contributed by atoms with Crippen molar-refractivity contribution < 1.29 is 0 Å². The van der Waals surface area contributed by atoms with Gasteiger partial charge in [0.25, 0.3) is 0 Å². The summed E-state index contributed by atoms with van der Waals surface area (Å²) in [6.45, 7) is 4.31. The molecule has 0 amide bonds. The highest BCUT2D eigenvalue weighted by Crippen LogP contribution is 2.32. The molecule has 0 aliphatic carbocycles. The third-order valence-electron chi connectivity index (χ3n) is 3.54. The fraction of sp³-hybridized carbons (Fsp3) is 0.100. The maximum Gasteiger partial charge on any atom is -0.0105 e. The lowest BCUT2D eigenvalue weighted by Gasteiger charge is -2.11. The van der Waals surface area contributed by atoms with Gasteiger partial charge < -0.3 is 0 Å². The minimum absolute atomic E-state index is 1.27. The zero-order valence-corrected chi connectivity index (χ0v) is 11.9. The van der Waals surface area contributed by atoms with Crippen LogP contribution in [0.15, 0.2) is 72.8 Å². The first kappa shape index (κ1) is 12.7. The van der Waals surface area contributed by atoms with Gasteiger partial charge in [-0.05, 0) is 36.1 Å². The van der Waals surface area contributed by atoms with Gasteiger partial charge >= 0.3 is 0 Å². The first-order valence-electron chi connectivity index (χ1n) is 6.97. The summed E-state index contributed by atoms with van der Waals surface area (Å²) in [6, 6.07) is 25.9. The SMILES string of the molecule is Cc1cc(C)cc(-c2ccccc2-c2ccccc2)c1. The van der Waals surface area contributed by atoms with Crippen molar-refractivity contribution in [3.63, 3.8) is 0 Å². The lowest BCUT2D eigenvalue weighted by molar-refractivity contribution is 1.38. The van der Waals surface area contributed by atoms with Crippen LogP contribution in [-0.4, -0.2) is 0 Å². The highest BCUT2D eigenvalue weighted by Gasteiger charge is 2.07. The Morgan fingerprint density at radius 2 is 1.00 bits per heavy atom. The Morgan fingerprint density at radius 1 is 0.500 bits per heavy atom. The van der Waals surface area contributed by atoms with Crippen molar-refractivity contribution in [2.24, 2.45) is 0 Å². The average molecular weight is 258 g/mol. The predicted molar refractivity (Wildman–Crippen MR) is 86.8 cm³/mol. The van der Waals surface area contributed by atoms with Crippen LogP contribution in [0.3, 0.4) is 0 Å². The van der Waals surface area contributed by atoms with Crippen molar-refractivity contribution in [3.8, 4) is 22.3 Å². The van der Waals surface area contributed by atoms with Gasteiger partial charge in [-0.25, -0.2) is 0 Å². The smallest absolute Gasteiger partial charge is 0.0105 e. The average Bonchev–Trinajstić information content (AvgIpc) is 2.47. The number of benzene rings is 3. The summed E-state index contributed by atoms with van der Waals surface area (Å²) in [4.78, 5) is 0. The van der Waals surface area contributed by atoms with Gasteiger partial charge in [-0.2, -0.15) is 0 Å². The molecule has 0 spiro atoms. The molecule has 0 aliphatic heterocycles. The first-order valence-corrected chi connectivity index (χ1v) is 6.97. The van der Waals surface area contributed by atoms with E-state index < -0.39 is 0 Å². The maximum absolute atomic E-state index is 2.26. The van der Waals surface area contributed by atoms with Crippen molar-refractivity contribution in [1.82, 2.24) is 0 Å². The monoisotopic (exact) mass is 258 g/mol. The van der Waals surface area contributed by atoms with Gasteiger partial charge in [-0.1, -0.05) is 83.9 Å². The highest BCUT2D eigenvalue weighted by atomic mass is 14.1. The normalized spacial score (nSPS) is 10.5. The lowest BCUT2D eigenvalue weighted by atomic mass is 9.93. The predicted octanol–water partition coefficient (Wildman–Crippen LogP) is 5.64. The zero-order chi connectivity index (χ0) is 13.9. The fourth-order valence-electron chi connectivity index (χ4n) is 2.73. The molecule has 0 unspecified atom stereocenters. The molecule has 0 aliphatic rings. The second-order valence-corrected chi connectivity index (χ2v) is 5.29. The van der Waals surface area contributed by atoms with Crippen LogP contribution in [0.4, 0.5) is 0 Å². The molecule has 0 heteroatoms. The second-order valence-electron chi connectivity index (χ2n) is 5.29. The molecule has 20 heavy (non-hydrogen) atoms. The zero-order valence-electron chi connectivity index (χ0n) is 11.9. The molecule has 0 bridgehead atoms. The van der Waals surface area contributed by atoms with E-state index in [1.807, 2.05) is 0 Å². The van der Waals surface area contributed by atoms with Gasteiger partial charge in [0.1, 0.15) is 0 Å². The summed E-state index contributed by atoms with van der Waals surface area (Å²) in [5.41, 5.74) is 7.76. The Kier molecular flexibility index (Phi) is 3.39. The molecule has 0 aromatic heterocycles. The van der Waals surface area contributed by atoms with Crippen LogP contribution in [-0.2, 0) is 0 Å². The van der Waals surface area contributed by atoms with E-state index in [9.17, 15) is 0 Å². The third-order valence-corrected chi connectivity index (χ3v) is 3.54. The van der Waals surface area contributed by atoms with E-state index >= 15 is 0 Å². The van der Waals surface area contributed by atoms with E-state index in [-0.39, 0.29) is 0 Å². The molecule has 0 saturated heterocycles. The molecule has 0 fully saturated rings. The molecular formula is C20H18. The van der Waals surface area contributed by atoms with Crippen LogP contribution in [0.2, 0.25) is 0 Å². The summed E-state index contributed by atoms with van der Waals surface area (Å²) in [5.74, 6) is 0. The fourth-order valence-corrected chi connectivity index (χ4v) is 2.73. The largest absolute Gasteiger partial charge is 0.0622 e. The molecule has 0 radical (unpaired) electrons. The first-order chi connectivity index (χ1) is 9.74. The van der Waals surface area contributed by atoms with Crippen molar-refractivity contribution in [2.45, 2.75) is 13.8 Å². The second kappa shape index (κ2) is 5.34. The minimum Gasteiger partial charge on any atom is -0.0622 e. The lowest BCUT2D eigenvalue weighted by Crippen LogP contribution is -1.87. The Bertz CT molecular complexity index is 704. The van der Waals surface area contributed by atoms with E-state index in [0.29, 0.717) is 0 Å². The Morgan fingerprint density at radius 3 is 1.60 bits per heavy atom. The molecule has 0 atom stereocenters. The number of rotatable bonds is 2. The summed E-state index contributed by atoms with van der Waals surface area (Å²) in [5, 5.41) is 0. The van der Waals surface area contributed by atoms with Gasteiger partial charge in [0, 0.05) is 0 Å². The summed E-state index contributed by atoms with van der Waals surface area (Å²) in [6.07, 6.45) is 0. The summed E-state index contributed by atoms with van der Waals surface area (Å²) >= 11 is 0.